The van der Waals surface area contributed by atoms with Crippen LogP contribution in [0.5, 0.6) is 5.75 Å². The molecule has 110 valence electrons. The third kappa shape index (κ3) is 3.49. The summed E-state index contributed by atoms with van der Waals surface area (Å²) in [7, 11) is 0. The van der Waals surface area contributed by atoms with Gasteiger partial charge in [0.1, 0.15) is 5.75 Å². The van der Waals surface area contributed by atoms with Crippen molar-refractivity contribution in [2.24, 2.45) is 0 Å². The van der Waals surface area contributed by atoms with E-state index in [1.807, 2.05) is 13.0 Å². The smallest absolute Gasteiger partial charge is 0.257 e. The first-order valence-electron chi connectivity index (χ1n) is 7.04. The number of aryl methyl sites for hydroxylation is 1. The highest BCUT2D eigenvalue weighted by atomic mass is 16.3. The average molecular weight is 278 g/mol. The molecule has 2 N–H and O–H groups in total. The van der Waals surface area contributed by atoms with Crippen LogP contribution in [0.2, 0.25) is 0 Å². The number of aliphatic hydroxyl groups excluding tert-OH is 1. The summed E-state index contributed by atoms with van der Waals surface area (Å²) in [4.78, 5) is 16.4. The molecule has 0 atom stereocenters. The summed E-state index contributed by atoms with van der Waals surface area (Å²) in [6, 6.07) is 5.13. The van der Waals surface area contributed by atoms with Crippen molar-refractivity contribution in [3.05, 3.63) is 29.3 Å². The lowest BCUT2D eigenvalue weighted by Crippen LogP contribution is -2.35. The molecule has 1 aromatic rings. The third-order valence-corrected chi connectivity index (χ3v) is 3.68. The molecule has 5 heteroatoms. The van der Waals surface area contributed by atoms with E-state index in [-0.39, 0.29) is 18.3 Å². The number of β-amino-alcohol motifs (C(OH)–C–C–N with tert-alkyl or cyclic N) is 1. The summed E-state index contributed by atoms with van der Waals surface area (Å²) < 4.78 is 0. The Morgan fingerprint density at radius 2 is 2.05 bits per heavy atom. The zero-order valence-corrected chi connectivity index (χ0v) is 11.9. The van der Waals surface area contributed by atoms with Crippen molar-refractivity contribution in [2.75, 3.05) is 39.3 Å². The number of rotatable bonds is 3. The number of phenolic OH excluding ortho intramolecular Hbond substituents is 1. The largest absolute Gasteiger partial charge is 0.507 e. The van der Waals surface area contributed by atoms with Gasteiger partial charge in [-0.2, -0.15) is 0 Å². The Hall–Kier alpha value is -1.59. The van der Waals surface area contributed by atoms with Crippen LogP contribution in [0.15, 0.2) is 18.2 Å². The summed E-state index contributed by atoms with van der Waals surface area (Å²) in [5.41, 5.74) is 1.30. The number of carbonyl (C=O) groups is 1. The number of amides is 1. The lowest BCUT2D eigenvalue weighted by Gasteiger charge is -2.22. The van der Waals surface area contributed by atoms with Gasteiger partial charge < -0.3 is 15.1 Å². The number of aromatic hydroxyl groups is 1. The zero-order chi connectivity index (χ0) is 14.5. The van der Waals surface area contributed by atoms with E-state index in [2.05, 4.69) is 4.90 Å². The molecular weight excluding hydrogens is 256 g/mol. The highest BCUT2D eigenvalue weighted by molar-refractivity contribution is 5.96. The second kappa shape index (κ2) is 6.72. The van der Waals surface area contributed by atoms with Gasteiger partial charge in [-0.15, -0.1) is 0 Å². The quantitative estimate of drug-likeness (QED) is 0.860. The fourth-order valence-electron chi connectivity index (χ4n) is 2.53. The van der Waals surface area contributed by atoms with Crippen molar-refractivity contribution in [2.45, 2.75) is 13.3 Å². The van der Waals surface area contributed by atoms with Crippen LogP contribution in [0.25, 0.3) is 0 Å². The van der Waals surface area contributed by atoms with Gasteiger partial charge >= 0.3 is 0 Å². The molecule has 0 spiro atoms. The second-order valence-electron chi connectivity index (χ2n) is 5.23. The fourth-order valence-corrected chi connectivity index (χ4v) is 2.53. The molecule has 5 nitrogen and oxygen atoms in total. The maximum atomic E-state index is 12.4. The fraction of sp³-hybridized carbons (Fsp3) is 0.533. The SMILES string of the molecule is Cc1ccc(C(=O)N2CCCN(CCO)CC2)c(O)c1. The molecule has 1 aromatic carbocycles. The Kier molecular flexibility index (Phi) is 4.98. The van der Waals surface area contributed by atoms with Gasteiger partial charge in [0.05, 0.1) is 12.2 Å². The molecular formula is C15H22N2O3. The minimum atomic E-state index is -0.117. The Balaban J connectivity index is 2.05. The van der Waals surface area contributed by atoms with Crippen molar-refractivity contribution in [1.82, 2.24) is 9.80 Å². The molecule has 0 saturated carbocycles. The Bertz CT molecular complexity index is 476. The summed E-state index contributed by atoms with van der Waals surface area (Å²) in [6.45, 7) is 5.65. The lowest BCUT2D eigenvalue weighted by atomic mass is 10.1. The van der Waals surface area contributed by atoms with E-state index in [4.69, 9.17) is 5.11 Å². The van der Waals surface area contributed by atoms with E-state index >= 15 is 0 Å². The van der Waals surface area contributed by atoms with E-state index in [1.54, 1.807) is 17.0 Å². The number of carbonyl (C=O) groups excluding carboxylic acids is 1. The average Bonchev–Trinajstić information content (AvgIpc) is 2.64. The van der Waals surface area contributed by atoms with Crippen LogP contribution in [0, 0.1) is 6.92 Å². The summed E-state index contributed by atoms with van der Waals surface area (Å²) in [5.74, 6) is -0.0696. The van der Waals surface area contributed by atoms with Gasteiger partial charge in [0.2, 0.25) is 0 Å². The molecule has 20 heavy (non-hydrogen) atoms. The number of benzene rings is 1. The molecule has 2 rings (SSSR count). The monoisotopic (exact) mass is 278 g/mol. The van der Waals surface area contributed by atoms with Gasteiger partial charge in [-0.25, -0.2) is 0 Å². The van der Waals surface area contributed by atoms with Gasteiger partial charge in [0, 0.05) is 26.2 Å². The van der Waals surface area contributed by atoms with Crippen molar-refractivity contribution in [1.29, 1.82) is 0 Å². The Labute approximate surface area is 119 Å². The topological polar surface area (TPSA) is 64.0 Å². The van der Waals surface area contributed by atoms with Crippen molar-refractivity contribution >= 4 is 5.91 Å². The van der Waals surface area contributed by atoms with E-state index in [1.165, 1.54) is 0 Å². The van der Waals surface area contributed by atoms with Crippen LogP contribution in [-0.2, 0) is 0 Å². The van der Waals surface area contributed by atoms with Crippen LogP contribution in [0.4, 0.5) is 0 Å². The summed E-state index contributed by atoms with van der Waals surface area (Å²) >= 11 is 0. The molecule has 1 fully saturated rings. The summed E-state index contributed by atoms with van der Waals surface area (Å²) in [6.07, 6.45) is 0.887. The number of aliphatic hydroxyl groups is 1. The number of nitrogens with zero attached hydrogens (tertiary/aromatic N) is 2. The van der Waals surface area contributed by atoms with Crippen LogP contribution in [0.3, 0.4) is 0 Å². The van der Waals surface area contributed by atoms with Crippen LogP contribution >= 0.6 is 0 Å². The zero-order valence-electron chi connectivity index (χ0n) is 11.9. The highest BCUT2D eigenvalue weighted by Gasteiger charge is 2.22. The molecule has 0 radical (unpaired) electrons. The Morgan fingerprint density at radius 3 is 2.75 bits per heavy atom. The van der Waals surface area contributed by atoms with E-state index in [9.17, 15) is 9.90 Å². The minimum absolute atomic E-state index is 0.0476. The van der Waals surface area contributed by atoms with Crippen LogP contribution in [0.1, 0.15) is 22.3 Å². The molecule has 1 heterocycles. The maximum absolute atomic E-state index is 12.4. The van der Waals surface area contributed by atoms with Crippen molar-refractivity contribution < 1.29 is 15.0 Å². The minimum Gasteiger partial charge on any atom is -0.507 e. The molecule has 1 aliphatic rings. The predicted octanol–water partition coefficient (Wildman–Crippen LogP) is 0.841. The molecule has 0 aliphatic carbocycles. The summed E-state index contributed by atoms with van der Waals surface area (Å²) in [5, 5.41) is 18.9. The van der Waals surface area contributed by atoms with E-state index in [0.29, 0.717) is 25.2 Å². The number of hydrogen-bond acceptors (Lipinski definition) is 4. The lowest BCUT2D eigenvalue weighted by molar-refractivity contribution is 0.0757. The van der Waals surface area contributed by atoms with E-state index in [0.717, 1.165) is 25.1 Å². The molecule has 1 saturated heterocycles. The van der Waals surface area contributed by atoms with Crippen molar-refractivity contribution in [3.8, 4) is 5.75 Å². The van der Waals surface area contributed by atoms with Gasteiger partial charge in [0.25, 0.3) is 5.91 Å². The third-order valence-electron chi connectivity index (χ3n) is 3.68. The predicted molar refractivity (Wildman–Crippen MR) is 76.9 cm³/mol. The standard InChI is InChI=1S/C15H22N2O3/c1-12-3-4-13(14(19)11-12)15(20)17-6-2-5-16(7-8-17)9-10-18/h3-4,11,18-19H,2,5-10H2,1H3. The maximum Gasteiger partial charge on any atom is 0.257 e. The van der Waals surface area contributed by atoms with Crippen LogP contribution < -0.4 is 0 Å². The van der Waals surface area contributed by atoms with Gasteiger partial charge in [-0.3, -0.25) is 9.69 Å². The highest BCUT2D eigenvalue weighted by Crippen LogP contribution is 2.21. The first kappa shape index (κ1) is 14.8. The number of hydrogen-bond donors (Lipinski definition) is 2. The molecule has 0 aromatic heterocycles. The normalized spacial score (nSPS) is 17.0. The Morgan fingerprint density at radius 1 is 1.25 bits per heavy atom. The first-order chi connectivity index (χ1) is 9.61. The van der Waals surface area contributed by atoms with Gasteiger partial charge in [-0.1, -0.05) is 6.07 Å². The second-order valence-corrected chi connectivity index (χ2v) is 5.23. The van der Waals surface area contributed by atoms with Gasteiger partial charge in [-0.05, 0) is 37.6 Å². The molecule has 1 amide bonds. The number of phenols is 1. The van der Waals surface area contributed by atoms with E-state index < -0.39 is 0 Å². The van der Waals surface area contributed by atoms with Crippen molar-refractivity contribution in [3.63, 3.8) is 0 Å². The molecule has 0 bridgehead atoms. The first-order valence-corrected chi connectivity index (χ1v) is 7.04. The van der Waals surface area contributed by atoms with Gasteiger partial charge in [0.15, 0.2) is 0 Å². The molecule has 0 unspecified atom stereocenters. The molecule has 1 aliphatic heterocycles. The van der Waals surface area contributed by atoms with Crippen LogP contribution in [-0.4, -0.2) is 65.3 Å².